The summed E-state index contributed by atoms with van der Waals surface area (Å²) in [6.07, 6.45) is 4.17. The zero-order valence-electron chi connectivity index (χ0n) is 17.3. The lowest BCUT2D eigenvalue weighted by Crippen LogP contribution is -2.30. The van der Waals surface area contributed by atoms with Crippen LogP contribution in [0.5, 0.6) is 5.75 Å². The molecule has 0 saturated heterocycles. The Morgan fingerprint density at radius 3 is 2.94 bits per heavy atom. The summed E-state index contributed by atoms with van der Waals surface area (Å²) in [6, 6.07) is 5.04. The Kier molecular flexibility index (Phi) is 3.84. The molecule has 0 spiro atoms. The normalized spacial score (nSPS) is 17.1. The summed E-state index contributed by atoms with van der Waals surface area (Å²) in [7, 11) is 0. The molecule has 4 heterocycles. The number of aromatic amines is 1. The number of hydrogen-bond acceptors (Lipinski definition) is 7. The highest BCUT2D eigenvalue weighted by Crippen LogP contribution is 2.41. The minimum absolute atomic E-state index is 0.245. The van der Waals surface area contributed by atoms with Gasteiger partial charge in [-0.2, -0.15) is 5.10 Å². The predicted molar refractivity (Wildman–Crippen MR) is 111 cm³/mol. The molecule has 9 heteroatoms. The second kappa shape index (κ2) is 6.50. The van der Waals surface area contributed by atoms with E-state index >= 15 is 0 Å². The van der Waals surface area contributed by atoms with Crippen LogP contribution in [0.3, 0.4) is 0 Å². The topological polar surface area (TPSA) is 93.0 Å². The average molecular weight is 420 g/mol. The molecule has 1 N–H and O–H groups in total. The number of oxazole rings is 1. The Labute approximate surface area is 177 Å². The summed E-state index contributed by atoms with van der Waals surface area (Å²) in [5.74, 6) is 2.26. The molecule has 0 atom stereocenters. The van der Waals surface area contributed by atoms with Crippen molar-refractivity contribution in [2.24, 2.45) is 0 Å². The van der Waals surface area contributed by atoms with Crippen LogP contribution < -0.4 is 9.64 Å². The average Bonchev–Trinajstić information content (AvgIpc) is 3.17. The third kappa shape index (κ3) is 3.20. The molecule has 4 aromatic rings. The van der Waals surface area contributed by atoms with E-state index in [1.807, 2.05) is 19.9 Å². The molecule has 0 unspecified atom stereocenters. The third-order valence-corrected chi connectivity index (χ3v) is 5.98. The van der Waals surface area contributed by atoms with Gasteiger partial charge < -0.3 is 14.1 Å². The van der Waals surface area contributed by atoms with Crippen LogP contribution in [0.4, 0.5) is 10.2 Å². The van der Waals surface area contributed by atoms with E-state index in [-0.39, 0.29) is 11.4 Å². The van der Waals surface area contributed by atoms with Crippen molar-refractivity contribution in [1.82, 2.24) is 25.1 Å². The van der Waals surface area contributed by atoms with Crippen molar-refractivity contribution in [2.75, 3.05) is 11.4 Å². The van der Waals surface area contributed by atoms with Crippen molar-refractivity contribution in [2.45, 2.75) is 45.3 Å². The van der Waals surface area contributed by atoms with Gasteiger partial charge in [-0.3, -0.25) is 5.10 Å². The van der Waals surface area contributed by atoms with E-state index in [4.69, 9.17) is 9.15 Å². The monoisotopic (exact) mass is 420 g/mol. The lowest BCUT2D eigenvalue weighted by atomic mass is 10.1. The van der Waals surface area contributed by atoms with Crippen LogP contribution in [0.15, 0.2) is 28.9 Å². The van der Waals surface area contributed by atoms with Gasteiger partial charge in [-0.25, -0.2) is 19.3 Å². The van der Waals surface area contributed by atoms with Gasteiger partial charge in [0, 0.05) is 37.4 Å². The van der Waals surface area contributed by atoms with E-state index < -0.39 is 5.82 Å². The van der Waals surface area contributed by atoms with Crippen LogP contribution in [0.25, 0.3) is 22.3 Å². The molecule has 0 radical (unpaired) electrons. The molecule has 1 aromatic carbocycles. The first kappa shape index (κ1) is 18.3. The maximum atomic E-state index is 14.5. The van der Waals surface area contributed by atoms with E-state index in [0.29, 0.717) is 29.3 Å². The minimum atomic E-state index is -0.397. The zero-order valence-corrected chi connectivity index (χ0v) is 17.3. The highest BCUT2D eigenvalue weighted by atomic mass is 19.1. The number of hydrogen-bond donors (Lipinski definition) is 1. The number of anilines is 1. The van der Waals surface area contributed by atoms with Crippen LogP contribution >= 0.6 is 0 Å². The number of rotatable bonds is 4. The van der Waals surface area contributed by atoms with E-state index in [1.165, 1.54) is 12.4 Å². The van der Waals surface area contributed by atoms with Gasteiger partial charge in [-0.1, -0.05) is 0 Å². The number of ether oxygens (including phenoxy) is 1. The Morgan fingerprint density at radius 2 is 2.10 bits per heavy atom. The lowest BCUT2D eigenvalue weighted by molar-refractivity contribution is 0.191. The standard InChI is InChI=1S/C22H21FN6O2/c1-12-26-17-10-29(6-3-18(17)30-12)20-9-16(24-11-25-20)21-13-7-19(31-22(2)4-5-22)14(23)8-15(13)27-28-21/h7-9,11H,3-6,10H2,1-2H3,(H,27,28). The molecule has 1 saturated carbocycles. The third-order valence-electron chi connectivity index (χ3n) is 5.98. The van der Waals surface area contributed by atoms with Crippen molar-refractivity contribution in [3.8, 4) is 17.1 Å². The number of halogens is 1. The summed E-state index contributed by atoms with van der Waals surface area (Å²) in [5, 5.41) is 8.07. The Morgan fingerprint density at radius 1 is 1.23 bits per heavy atom. The lowest BCUT2D eigenvalue weighted by Gasteiger charge is -2.26. The Balaban J connectivity index is 1.35. The van der Waals surface area contributed by atoms with Crippen LogP contribution in [0.2, 0.25) is 0 Å². The van der Waals surface area contributed by atoms with Gasteiger partial charge >= 0.3 is 0 Å². The summed E-state index contributed by atoms with van der Waals surface area (Å²) in [5.41, 5.74) is 2.57. The van der Waals surface area contributed by atoms with Gasteiger partial charge in [-0.05, 0) is 25.8 Å². The molecule has 0 bridgehead atoms. The first-order valence-electron chi connectivity index (χ1n) is 10.4. The van der Waals surface area contributed by atoms with Crippen molar-refractivity contribution in [1.29, 1.82) is 0 Å². The SMILES string of the molecule is Cc1nc2c(o1)CCN(c1cc(-c3n[nH]c4cc(F)c(OC5(C)CC5)cc34)ncn1)C2. The number of benzene rings is 1. The van der Waals surface area contributed by atoms with Crippen molar-refractivity contribution in [3.05, 3.63) is 47.7 Å². The summed E-state index contributed by atoms with van der Waals surface area (Å²) < 4.78 is 26.0. The molecule has 6 rings (SSSR count). The Hall–Kier alpha value is -3.49. The van der Waals surface area contributed by atoms with E-state index in [0.717, 1.165) is 48.5 Å². The maximum Gasteiger partial charge on any atom is 0.191 e. The summed E-state index contributed by atoms with van der Waals surface area (Å²) in [4.78, 5) is 15.5. The summed E-state index contributed by atoms with van der Waals surface area (Å²) >= 11 is 0. The summed E-state index contributed by atoms with van der Waals surface area (Å²) in [6.45, 7) is 5.26. The fourth-order valence-corrected chi connectivity index (χ4v) is 4.01. The smallest absolute Gasteiger partial charge is 0.191 e. The second-order valence-corrected chi connectivity index (χ2v) is 8.49. The van der Waals surface area contributed by atoms with Gasteiger partial charge in [0.05, 0.1) is 17.8 Å². The Bertz CT molecular complexity index is 1310. The molecule has 2 aliphatic rings. The molecule has 1 fully saturated rings. The first-order valence-corrected chi connectivity index (χ1v) is 10.4. The van der Waals surface area contributed by atoms with Crippen LogP contribution in [0, 0.1) is 12.7 Å². The van der Waals surface area contributed by atoms with E-state index in [2.05, 4.69) is 30.0 Å². The van der Waals surface area contributed by atoms with Crippen molar-refractivity contribution < 1.29 is 13.5 Å². The fraction of sp³-hybridized carbons (Fsp3) is 0.364. The van der Waals surface area contributed by atoms with Crippen LogP contribution in [-0.2, 0) is 13.0 Å². The van der Waals surface area contributed by atoms with Gasteiger partial charge in [0.2, 0.25) is 0 Å². The predicted octanol–water partition coefficient (Wildman–Crippen LogP) is 3.95. The highest BCUT2D eigenvalue weighted by molar-refractivity contribution is 5.93. The highest BCUT2D eigenvalue weighted by Gasteiger charge is 2.40. The molecule has 3 aromatic heterocycles. The van der Waals surface area contributed by atoms with Crippen LogP contribution in [0.1, 0.15) is 37.1 Å². The van der Waals surface area contributed by atoms with Crippen molar-refractivity contribution in [3.63, 3.8) is 0 Å². The first-order chi connectivity index (χ1) is 15.0. The maximum absolute atomic E-state index is 14.5. The number of H-pyrrole nitrogens is 1. The van der Waals surface area contributed by atoms with Crippen LogP contribution in [-0.4, -0.2) is 37.3 Å². The molecule has 1 aliphatic heterocycles. The number of aryl methyl sites for hydroxylation is 1. The minimum Gasteiger partial charge on any atom is -0.484 e. The fourth-order valence-electron chi connectivity index (χ4n) is 4.01. The van der Waals surface area contributed by atoms with E-state index in [1.54, 1.807) is 6.07 Å². The van der Waals surface area contributed by atoms with Gasteiger partial charge in [0.25, 0.3) is 0 Å². The van der Waals surface area contributed by atoms with Gasteiger partial charge in [0.1, 0.15) is 34.9 Å². The largest absolute Gasteiger partial charge is 0.484 e. The quantitative estimate of drug-likeness (QED) is 0.534. The molecule has 158 valence electrons. The molecular formula is C22H21FN6O2. The number of nitrogens with zero attached hydrogens (tertiary/aromatic N) is 5. The number of nitrogens with one attached hydrogen (secondary N) is 1. The molecular weight excluding hydrogens is 399 g/mol. The zero-order chi connectivity index (χ0) is 21.2. The van der Waals surface area contributed by atoms with Gasteiger partial charge in [-0.15, -0.1) is 0 Å². The molecule has 1 aliphatic carbocycles. The number of aromatic nitrogens is 5. The second-order valence-electron chi connectivity index (χ2n) is 8.49. The number of fused-ring (bicyclic) bond motifs is 2. The van der Waals surface area contributed by atoms with Crippen molar-refractivity contribution >= 4 is 16.7 Å². The molecule has 8 nitrogen and oxygen atoms in total. The van der Waals surface area contributed by atoms with E-state index in [9.17, 15) is 4.39 Å². The van der Waals surface area contributed by atoms with Gasteiger partial charge in [0.15, 0.2) is 17.5 Å². The molecule has 0 amide bonds. The molecule has 31 heavy (non-hydrogen) atoms.